The van der Waals surface area contributed by atoms with Gasteiger partial charge in [0.1, 0.15) is 0 Å². The molecule has 14 heavy (non-hydrogen) atoms. The maximum atomic E-state index is 3.97. The van der Waals surface area contributed by atoms with Crippen molar-refractivity contribution < 1.29 is 0 Å². The van der Waals surface area contributed by atoms with E-state index in [1.54, 1.807) is 0 Å². The zero-order valence-corrected chi connectivity index (χ0v) is 10.5. The van der Waals surface area contributed by atoms with E-state index in [0.29, 0.717) is 0 Å². The van der Waals surface area contributed by atoms with Crippen molar-refractivity contribution in [1.29, 1.82) is 0 Å². The minimum atomic E-state index is 0.850. The quantitative estimate of drug-likeness (QED) is 0.444. The Morgan fingerprint density at radius 3 is 2.07 bits per heavy atom. The zero-order chi connectivity index (χ0) is 10.8. The highest BCUT2D eigenvalue weighted by molar-refractivity contribution is 4.64. The molecular weight excluding hydrogens is 168 g/mol. The van der Waals surface area contributed by atoms with Crippen LogP contribution >= 0.6 is 0 Å². The van der Waals surface area contributed by atoms with Gasteiger partial charge in [0.2, 0.25) is 0 Å². The van der Waals surface area contributed by atoms with Gasteiger partial charge in [0.25, 0.3) is 0 Å². The molecule has 0 N–H and O–H groups in total. The molecule has 0 aromatic rings. The van der Waals surface area contributed by atoms with Crippen LogP contribution in [-0.4, -0.2) is 0 Å². The van der Waals surface area contributed by atoms with Gasteiger partial charge in [-0.2, -0.15) is 0 Å². The predicted octanol–water partition coefficient (Wildman–Crippen LogP) is 5.23. The molecular formula is C14H29. The zero-order valence-electron chi connectivity index (χ0n) is 10.5. The minimum Gasteiger partial charge on any atom is -0.0654 e. The molecule has 0 saturated carbocycles. The van der Waals surface area contributed by atoms with Crippen molar-refractivity contribution in [3.8, 4) is 0 Å². The summed E-state index contributed by atoms with van der Waals surface area (Å²) < 4.78 is 0. The standard InChI is InChI=1S/C14H29/c1-5-7-8-9-10-12-14(11-6-2)13(3)4/h13-14H,2,5-12H2,1,3-4H3. The maximum Gasteiger partial charge on any atom is -0.0391 e. The molecule has 0 spiro atoms. The van der Waals surface area contributed by atoms with Crippen LogP contribution in [0.5, 0.6) is 0 Å². The van der Waals surface area contributed by atoms with E-state index in [1.165, 1.54) is 44.9 Å². The monoisotopic (exact) mass is 197 g/mol. The van der Waals surface area contributed by atoms with Gasteiger partial charge >= 0.3 is 0 Å². The van der Waals surface area contributed by atoms with Crippen molar-refractivity contribution >= 4 is 0 Å². The Hall–Kier alpha value is 0. The van der Waals surface area contributed by atoms with Crippen LogP contribution in [0.3, 0.4) is 0 Å². The fraction of sp³-hybridized carbons (Fsp3) is 0.929. The largest absolute Gasteiger partial charge is 0.0654 e. The van der Waals surface area contributed by atoms with Crippen molar-refractivity contribution in [3.63, 3.8) is 0 Å². The lowest BCUT2D eigenvalue weighted by molar-refractivity contribution is 0.326. The molecule has 1 radical (unpaired) electrons. The van der Waals surface area contributed by atoms with Crippen molar-refractivity contribution in [1.82, 2.24) is 0 Å². The summed E-state index contributed by atoms with van der Waals surface area (Å²) >= 11 is 0. The summed E-state index contributed by atoms with van der Waals surface area (Å²) in [6, 6.07) is 0. The second-order valence-corrected chi connectivity index (χ2v) is 4.85. The maximum absolute atomic E-state index is 3.97. The number of hydrogen-bond acceptors (Lipinski definition) is 0. The molecule has 0 fully saturated rings. The molecule has 0 aliphatic rings. The van der Waals surface area contributed by atoms with Crippen LogP contribution in [0.2, 0.25) is 0 Å². The molecule has 0 heteroatoms. The fourth-order valence-corrected chi connectivity index (χ4v) is 2.08. The first-order chi connectivity index (χ1) is 6.72. The van der Waals surface area contributed by atoms with E-state index in [9.17, 15) is 0 Å². The Bertz CT molecular complexity index is 105. The second kappa shape index (κ2) is 9.55. The van der Waals surface area contributed by atoms with E-state index >= 15 is 0 Å². The third kappa shape index (κ3) is 7.41. The van der Waals surface area contributed by atoms with Crippen molar-refractivity contribution in [3.05, 3.63) is 6.92 Å². The molecule has 1 atom stereocenters. The highest BCUT2D eigenvalue weighted by Gasteiger charge is 2.11. The van der Waals surface area contributed by atoms with Crippen molar-refractivity contribution in [2.75, 3.05) is 0 Å². The summed E-state index contributed by atoms with van der Waals surface area (Å²) in [5.74, 6) is 1.78. The highest BCUT2D eigenvalue weighted by atomic mass is 14.2. The molecule has 0 aliphatic heterocycles. The first-order valence-corrected chi connectivity index (χ1v) is 6.51. The van der Waals surface area contributed by atoms with Gasteiger partial charge in [0.05, 0.1) is 0 Å². The third-order valence-corrected chi connectivity index (χ3v) is 3.20. The second-order valence-electron chi connectivity index (χ2n) is 4.85. The van der Waals surface area contributed by atoms with Gasteiger partial charge in [0.15, 0.2) is 0 Å². The van der Waals surface area contributed by atoms with Crippen LogP contribution in [0, 0.1) is 18.8 Å². The molecule has 0 aromatic carbocycles. The highest BCUT2D eigenvalue weighted by Crippen LogP contribution is 2.23. The van der Waals surface area contributed by atoms with E-state index in [0.717, 1.165) is 18.3 Å². The minimum absolute atomic E-state index is 0.850. The van der Waals surface area contributed by atoms with Crippen LogP contribution < -0.4 is 0 Å². The molecule has 0 heterocycles. The van der Waals surface area contributed by atoms with Crippen LogP contribution in [0.4, 0.5) is 0 Å². The fourth-order valence-electron chi connectivity index (χ4n) is 2.08. The summed E-state index contributed by atoms with van der Waals surface area (Å²) in [4.78, 5) is 0. The van der Waals surface area contributed by atoms with Crippen LogP contribution in [0.15, 0.2) is 0 Å². The van der Waals surface area contributed by atoms with E-state index in [2.05, 4.69) is 27.7 Å². The lowest BCUT2D eigenvalue weighted by atomic mass is 9.86. The van der Waals surface area contributed by atoms with Crippen LogP contribution in [0.25, 0.3) is 0 Å². The van der Waals surface area contributed by atoms with Gasteiger partial charge < -0.3 is 0 Å². The number of unbranched alkanes of at least 4 members (excludes halogenated alkanes) is 4. The van der Waals surface area contributed by atoms with Gasteiger partial charge in [-0.25, -0.2) is 0 Å². The number of rotatable bonds is 9. The third-order valence-electron chi connectivity index (χ3n) is 3.20. The van der Waals surface area contributed by atoms with Crippen molar-refractivity contribution in [2.45, 2.75) is 72.1 Å². The van der Waals surface area contributed by atoms with E-state index < -0.39 is 0 Å². The predicted molar refractivity (Wildman–Crippen MR) is 66.3 cm³/mol. The van der Waals surface area contributed by atoms with Crippen LogP contribution in [0.1, 0.15) is 72.1 Å². The Labute approximate surface area is 91.5 Å². The SMILES string of the molecule is [CH2]CCC(CCCCCCC)C(C)C. The summed E-state index contributed by atoms with van der Waals surface area (Å²) in [7, 11) is 0. The van der Waals surface area contributed by atoms with Gasteiger partial charge in [-0.15, -0.1) is 0 Å². The first-order valence-electron chi connectivity index (χ1n) is 6.51. The van der Waals surface area contributed by atoms with Crippen LogP contribution in [-0.2, 0) is 0 Å². The molecule has 0 nitrogen and oxygen atoms in total. The van der Waals surface area contributed by atoms with Gasteiger partial charge in [-0.05, 0) is 11.8 Å². The molecule has 0 aliphatic carbocycles. The molecule has 0 amide bonds. The average Bonchev–Trinajstić information content (AvgIpc) is 2.15. The van der Waals surface area contributed by atoms with E-state index in [1.807, 2.05) is 0 Å². The smallest absolute Gasteiger partial charge is 0.0391 e. The molecule has 0 bridgehead atoms. The first kappa shape index (κ1) is 14.0. The lowest BCUT2D eigenvalue weighted by Gasteiger charge is -2.19. The van der Waals surface area contributed by atoms with Gasteiger partial charge in [0, 0.05) is 0 Å². The molecule has 0 rings (SSSR count). The molecule has 0 saturated heterocycles. The summed E-state index contributed by atoms with van der Waals surface area (Å²) in [5.41, 5.74) is 0. The summed E-state index contributed by atoms with van der Waals surface area (Å²) in [5, 5.41) is 0. The lowest BCUT2D eigenvalue weighted by Crippen LogP contribution is -2.08. The average molecular weight is 197 g/mol. The van der Waals surface area contributed by atoms with E-state index in [4.69, 9.17) is 0 Å². The van der Waals surface area contributed by atoms with Gasteiger partial charge in [-0.3, -0.25) is 0 Å². The Morgan fingerprint density at radius 2 is 1.57 bits per heavy atom. The Morgan fingerprint density at radius 1 is 0.929 bits per heavy atom. The number of hydrogen-bond donors (Lipinski definition) is 0. The van der Waals surface area contributed by atoms with Crippen molar-refractivity contribution in [2.24, 2.45) is 11.8 Å². The van der Waals surface area contributed by atoms with Gasteiger partial charge in [-0.1, -0.05) is 79.1 Å². The molecule has 1 unspecified atom stereocenters. The Balaban J connectivity index is 3.41. The summed E-state index contributed by atoms with van der Waals surface area (Å²) in [6.45, 7) is 11.0. The molecule has 0 aromatic heterocycles. The normalized spacial score (nSPS) is 13.5. The summed E-state index contributed by atoms with van der Waals surface area (Å²) in [6.07, 6.45) is 10.9. The van der Waals surface area contributed by atoms with E-state index in [-0.39, 0.29) is 0 Å². The molecule has 85 valence electrons. The topological polar surface area (TPSA) is 0 Å². The Kier molecular flexibility index (Phi) is 9.55.